The molecule has 0 saturated carbocycles. The zero-order valence-corrected chi connectivity index (χ0v) is 21.1. The molecule has 0 spiro atoms. The molecular weight excluding hydrogens is 373 g/mol. The van der Waals surface area contributed by atoms with Gasteiger partial charge in [-0.2, -0.15) is 0 Å². The minimum Gasteiger partial charge on any atom is -0.460 e. The molecule has 0 bridgehead atoms. The van der Waals surface area contributed by atoms with E-state index in [9.17, 15) is 4.79 Å². The Morgan fingerprint density at radius 1 is 0.875 bits per heavy atom. The van der Waals surface area contributed by atoms with Gasteiger partial charge in [0, 0.05) is 6.08 Å². The van der Waals surface area contributed by atoms with Crippen LogP contribution in [0.1, 0.15) is 6.92 Å². The van der Waals surface area contributed by atoms with E-state index in [1.165, 1.54) is 6.08 Å². The Morgan fingerprint density at radius 3 is 1.46 bits per heavy atom. The molecule has 0 fully saturated rings. The van der Waals surface area contributed by atoms with E-state index in [0.29, 0.717) is 6.04 Å². The van der Waals surface area contributed by atoms with Gasteiger partial charge in [-0.05, 0) is 65.8 Å². The van der Waals surface area contributed by atoms with Crippen molar-refractivity contribution >= 4 is 39.7 Å². The maximum Gasteiger partial charge on any atom is 0.473 e. The minimum atomic E-state index is -2.97. The fourth-order valence-electron chi connectivity index (χ4n) is 2.23. The summed E-state index contributed by atoms with van der Waals surface area (Å²) in [5.41, 5.74) is 0. The molecule has 0 aromatic heterocycles. The summed E-state index contributed by atoms with van der Waals surface area (Å²) in [4.78, 5) is 11.5. The zero-order valence-electron chi connectivity index (χ0n) is 17.1. The van der Waals surface area contributed by atoms with Crippen molar-refractivity contribution in [3.63, 3.8) is 0 Å². The highest BCUT2D eigenvalue weighted by atomic mass is 28.5. The standard InChI is InChI=1S/C15H36O5Si4/c1-12-15(16)17-14(2)13-24(18-21(3,4)5,19-22(6,7)8)20-23(9,10)11/h12,14H,1,13H2,2-11H3. The third kappa shape index (κ3) is 11.5. The van der Waals surface area contributed by atoms with Gasteiger partial charge in [0.2, 0.25) is 0 Å². The topological polar surface area (TPSA) is 54.0 Å². The van der Waals surface area contributed by atoms with Gasteiger partial charge in [0.05, 0.1) is 6.04 Å². The first-order chi connectivity index (χ1) is 10.5. The number of ether oxygens (including phenoxy) is 1. The second-order valence-electron chi connectivity index (χ2n) is 8.98. The molecule has 0 aliphatic carbocycles. The van der Waals surface area contributed by atoms with Crippen LogP contribution in [0, 0.1) is 0 Å². The third-order valence-electron chi connectivity index (χ3n) is 2.41. The number of rotatable bonds is 10. The molecule has 0 N–H and O–H groups in total. The van der Waals surface area contributed by atoms with Gasteiger partial charge in [-0.25, -0.2) is 4.79 Å². The van der Waals surface area contributed by atoms with Crippen molar-refractivity contribution in [2.24, 2.45) is 0 Å². The molecule has 1 unspecified atom stereocenters. The normalized spacial score (nSPS) is 15.1. The van der Waals surface area contributed by atoms with Crippen molar-refractivity contribution in [1.29, 1.82) is 0 Å². The SMILES string of the molecule is C=CC(=O)OC(C)C[Si](O[Si](C)(C)C)(O[Si](C)(C)C)O[Si](C)(C)C. The largest absolute Gasteiger partial charge is 0.473 e. The van der Waals surface area contributed by atoms with Crippen LogP contribution in [-0.2, 0) is 21.9 Å². The average Bonchev–Trinajstić information content (AvgIpc) is 2.19. The molecule has 0 heterocycles. The molecule has 24 heavy (non-hydrogen) atoms. The molecule has 1 atom stereocenters. The lowest BCUT2D eigenvalue weighted by Crippen LogP contribution is -2.61. The molecule has 0 saturated heterocycles. The van der Waals surface area contributed by atoms with Crippen LogP contribution in [0.15, 0.2) is 12.7 Å². The number of esters is 1. The fraction of sp³-hybridized carbons (Fsp3) is 0.800. The van der Waals surface area contributed by atoms with E-state index in [0.717, 1.165) is 0 Å². The highest BCUT2D eigenvalue weighted by Gasteiger charge is 2.51. The first-order valence-electron chi connectivity index (χ1n) is 8.40. The molecule has 5 nitrogen and oxygen atoms in total. The van der Waals surface area contributed by atoms with Crippen molar-refractivity contribution in [3.8, 4) is 0 Å². The lowest BCUT2D eigenvalue weighted by molar-refractivity contribution is -0.141. The van der Waals surface area contributed by atoms with Gasteiger partial charge in [-0.1, -0.05) is 6.58 Å². The van der Waals surface area contributed by atoms with Gasteiger partial charge in [0.15, 0.2) is 25.0 Å². The van der Waals surface area contributed by atoms with Crippen molar-refractivity contribution < 1.29 is 21.9 Å². The maximum absolute atomic E-state index is 11.5. The Bertz CT molecular complexity index is 394. The van der Waals surface area contributed by atoms with Crippen LogP contribution in [0.25, 0.3) is 0 Å². The first-order valence-corrected chi connectivity index (χ1v) is 20.6. The second kappa shape index (κ2) is 8.56. The van der Waals surface area contributed by atoms with Crippen LogP contribution in [-0.4, -0.2) is 45.8 Å². The molecule has 0 aliphatic rings. The summed E-state index contributed by atoms with van der Waals surface area (Å²) in [6.45, 7) is 24.5. The molecule has 0 rings (SSSR count). The Kier molecular flexibility index (Phi) is 8.55. The van der Waals surface area contributed by atoms with Crippen LogP contribution in [0.5, 0.6) is 0 Å². The van der Waals surface area contributed by atoms with Crippen LogP contribution < -0.4 is 0 Å². The monoisotopic (exact) mass is 408 g/mol. The molecule has 9 heteroatoms. The Morgan fingerprint density at radius 2 is 1.21 bits per heavy atom. The van der Waals surface area contributed by atoms with Crippen LogP contribution in [0.2, 0.25) is 65.0 Å². The van der Waals surface area contributed by atoms with Crippen molar-refractivity contribution in [1.82, 2.24) is 0 Å². The summed E-state index contributed by atoms with van der Waals surface area (Å²) in [7, 11) is -8.71. The summed E-state index contributed by atoms with van der Waals surface area (Å²) in [5.74, 6) is -0.431. The molecule has 0 aromatic carbocycles. The Hall–Kier alpha value is -0.0425. The van der Waals surface area contributed by atoms with Gasteiger partial charge in [-0.15, -0.1) is 0 Å². The van der Waals surface area contributed by atoms with Gasteiger partial charge in [-0.3, -0.25) is 0 Å². The minimum absolute atomic E-state index is 0.341. The number of hydrogen-bond acceptors (Lipinski definition) is 5. The van der Waals surface area contributed by atoms with Crippen LogP contribution >= 0.6 is 0 Å². The van der Waals surface area contributed by atoms with E-state index in [-0.39, 0.29) is 6.10 Å². The smallest absolute Gasteiger partial charge is 0.460 e. The van der Waals surface area contributed by atoms with Gasteiger partial charge >= 0.3 is 14.8 Å². The van der Waals surface area contributed by atoms with Crippen molar-refractivity contribution in [3.05, 3.63) is 12.7 Å². The quantitative estimate of drug-likeness (QED) is 0.300. The lowest BCUT2D eigenvalue weighted by Gasteiger charge is -2.43. The van der Waals surface area contributed by atoms with Crippen LogP contribution in [0.4, 0.5) is 0 Å². The summed E-state index contributed by atoms with van der Waals surface area (Å²) in [5, 5.41) is 0. The molecule has 0 aromatic rings. The van der Waals surface area contributed by atoms with E-state index < -0.39 is 39.7 Å². The van der Waals surface area contributed by atoms with E-state index >= 15 is 0 Å². The summed E-state index contributed by atoms with van der Waals surface area (Å²) >= 11 is 0. The summed E-state index contributed by atoms with van der Waals surface area (Å²) in [6.07, 6.45) is 0.837. The first kappa shape index (κ1) is 24.0. The predicted octanol–water partition coefficient (Wildman–Crippen LogP) is 4.60. The van der Waals surface area contributed by atoms with E-state index in [1.54, 1.807) is 0 Å². The molecular formula is C15H36O5Si4. The number of carbonyl (C=O) groups excluding carboxylic acids is 1. The fourth-order valence-corrected chi connectivity index (χ4v) is 16.8. The number of carbonyl (C=O) groups is 1. The predicted molar refractivity (Wildman–Crippen MR) is 110 cm³/mol. The highest BCUT2D eigenvalue weighted by molar-refractivity contribution is 6.90. The number of hydrogen-bond donors (Lipinski definition) is 0. The van der Waals surface area contributed by atoms with E-state index in [2.05, 4.69) is 65.5 Å². The van der Waals surface area contributed by atoms with E-state index in [4.69, 9.17) is 17.1 Å². The molecule has 0 aliphatic heterocycles. The van der Waals surface area contributed by atoms with Crippen molar-refractivity contribution in [2.75, 3.05) is 0 Å². The molecule has 142 valence electrons. The van der Waals surface area contributed by atoms with Gasteiger partial charge < -0.3 is 17.1 Å². The average molecular weight is 409 g/mol. The second-order valence-corrected chi connectivity index (χ2v) is 25.9. The summed E-state index contributed by atoms with van der Waals surface area (Å²) < 4.78 is 25.0. The zero-order chi connectivity index (χ0) is 19.4. The van der Waals surface area contributed by atoms with Crippen LogP contribution in [0.3, 0.4) is 0 Å². The van der Waals surface area contributed by atoms with Gasteiger partial charge in [0.25, 0.3) is 0 Å². The maximum atomic E-state index is 11.5. The van der Waals surface area contributed by atoms with Crippen molar-refractivity contribution in [2.45, 2.75) is 78.0 Å². The Balaban J connectivity index is 5.69. The molecule has 0 amide bonds. The summed E-state index contributed by atoms with van der Waals surface area (Å²) in [6, 6.07) is 0.478. The highest BCUT2D eigenvalue weighted by Crippen LogP contribution is 2.30. The third-order valence-corrected chi connectivity index (χ3v) is 14.6. The Labute approximate surface area is 152 Å². The molecule has 0 radical (unpaired) electrons. The van der Waals surface area contributed by atoms with Gasteiger partial charge in [0.1, 0.15) is 6.10 Å². The lowest BCUT2D eigenvalue weighted by atomic mass is 10.5. The van der Waals surface area contributed by atoms with E-state index in [1.807, 2.05) is 6.92 Å².